The van der Waals surface area contributed by atoms with E-state index in [1.54, 1.807) is 43.1 Å². The zero-order valence-electron chi connectivity index (χ0n) is 18.0. The van der Waals surface area contributed by atoms with Crippen LogP contribution in [-0.2, 0) is 21.9 Å². The van der Waals surface area contributed by atoms with Crippen molar-refractivity contribution in [1.82, 2.24) is 5.32 Å². The summed E-state index contributed by atoms with van der Waals surface area (Å²) in [6, 6.07) is 15.5. The van der Waals surface area contributed by atoms with Gasteiger partial charge in [-0.25, -0.2) is 4.79 Å². The molecule has 2 unspecified atom stereocenters. The average Bonchev–Trinajstić information content (AvgIpc) is 2.77. The summed E-state index contributed by atoms with van der Waals surface area (Å²) in [5.41, 5.74) is 1.49. The zero-order valence-corrected chi connectivity index (χ0v) is 22.1. The van der Waals surface area contributed by atoms with E-state index >= 15 is 0 Å². The number of amides is 1. The lowest BCUT2D eigenvalue weighted by Crippen LogP contribution is -2.42. The fourth-order valence-corrected chi connectivity index (χ4v) is 5.36. The molecule has 7 nitrogen and oxygen atoms in total. The number of nitrogens with one attached hydrogen (secondary N) is 1. The smallest absolute Gasteiger partial charge is 0.340 e. The van der Waals surface area contributed by atoms with Crippen molar-refractivity contribution in [2.45, 2.75) is 18.6 Å². The number of carboxylic acid groups (broad SMARTS) is 1. The summed E-state index contributed by atoms with van der Waals surface area (Å²) in [5.74, 6) is -1.56. The van der Waals surface area contributed by atoms with Crippen LogP contribution in [0.15, 0.2) is 69.6 Å². The van der Waals surface area contributed by atoms with Gasteiger partial charge in [0.15, 0.2) is 11.9 Å². The quantitative estimate of drug-likeness (QED) is 0.253. The summed E-state index contributed by atoms with van der Waals surface area (Å²) >= 11 is 6.89. The first kappa shape index (κ1) is 25.9. The van der Waals surface area contributed by atoms with Crippen LogP contribution in [0.25, 0.3) is 0 Å². The number of halogens is 2. The summed E-state index contributed by atoms with van der Waals surface area (Å²) in [6.07, 6.45) is 0.512. The van der Waals surface area contributed by atoms with E-state index in [1.165, 1.54) is 18.2 Å². The highest BCUT2D eigenvalue weighted by Gasteiger charge is 2.23. The van der Waals surface area contributed by atoms with Gasteiger partial charge in [-0.15, -0.1) is 0 Å². The van der Waals surface area contributed by atoms with Crippen LogP contribution in [-0.4, -0.2) is 34.8 Å². The van der Waals surface area contributed by atoms with Gasteiger partial charge in [0, 0.05) is 12.0 Å². The normalized spacial score (nSPS) is 12.0. The number of carbonyl (C=O) groups is 2. The Hall–Kier alpha value is -2.74. The Morgan fingerprint density at radius 2 is 1.68 bits per heavy atom. The molecule has 0 aliphatic carbocycles. The summed E-state index contributed by atoms with van der Waals surface area (Å²) in [5, 5.41) is 22.2. The number of carboxylic acids is 1. The van der Waals surface area contributed by atoms with Gasteiger partial charge in [0.25, 0.3) is 5.91 Å². The molecule has 0 heterocycles. The van der Waals surface area contributed by atoms with Gasteiger partial charge in [-0.1, -0.05) is 34.9 Å². The number of carbonyl (C=O) groups excluding carboxylic acids is 1. The number of phenols is 1. The lowest BCUT2D eigenvalue weighted by atomic mass is 10.1. The minimum absolute atomic E-state index is 0.0917. The molecular formula is C24H21Br2NO6P+. The minimum Gasteiger partial charge on any atom is -0.507 e. The van der Waals surface area contributed by atoms with Crippen LogP contribution in [0.1, 0.15) is 21.5 Å². The highest BCUT2D eigenvalue weighted by molar-refractivity contribution is 9.11. The molecule has 0 aliphatic rings. The SMILES string of the molecule is C[P+](=O)Cc1cc(Br)c(Oc2ccc(O)c(C(=O)NC(Cc3ccccc3)C(=O)O)c2)c(Br)c1. The second-order valence-electron chi connectivity index (χ2n) is 7.51. The van der Waals surface area contributed by atoms with Crippen LogP contribution in [0.4, 0.5) is 0 Å². The molecular weight excluding hydrogens is 589 g/mol. The Kier molecular flexibility index (Phi) is 8.83. The number of aliphatic carboxylic acids is 1. The van der Waals surface area contributed by atoms with E-state index in [1.807, 2.05) is 6.07 Å². The van der Waals surface area contributed by atoms with Crippen LogP contribution in [0.5, 0.6) is 17.2 Å². The molecule has 10 heteroatoms. The third kappa shape index (κ3) is 6.88. The lowest BCUT2D eigenvalue weighted by Gasteiger charge is -2.16. The first-order valence-corrected chi connectivity index (χ1v) is 13.6. The number of aromatic hydroxyl groups is 1. The molecule has 0 saturated carbocycles. The van der Waals surface area contributed by atoms with Gasteiger partial charge in [0.1, 0.15) is 24.2 Å². The van der Waals surface area contributed by atoms with Gasteiger partial charge in [-0.3, -0.25) is 4.79 Å². The number of hydrogen-bond acceptors (Lipinski definition) is 5. The largest absolute Gasteiger partial charge is 0.507 e. The van der Waals surface area contributed by atoms with Crippen molar-refractivity contribution in [2.24, 2.45) is 0 Å². The first-order chi connectivity index (χ1) is 16.1. The number of rotatable bonds is 9. The highest BCUT2D eigenvalue weighted by Crippen LogP contribution is 2.40. The zero-order chi connectivity index (χ0) is 24.8. The molecule has 2 atom stereocenters. The first-order valence-electron chi connectivity index (χ1n) is 10.1. The number of benzene rings is 3. The molecule has 1 amide bonds. The fraction of sp³-hybridized carbons (Fsp3) is 0.167. The Labute approximate surface area is 214 Å². The number of hydrogen-bond donors (Lipinski definition) is 3. The molecule has 3 aromatic carbocycles. The molecule has 0 bridgehead atoms. The Balaban J connectivity index is 1.81. The molecule has 0 spiro atoms. The number of phenolic OH excluding ortho intramolecular Hbond substituents is 1. The molecule has 0 aromatic heterocycles. The van der Waals surface area contributed by atoms with Gasteiger partial charge in [0.2, 0.25) is 0 Å². The summed E-state index contributed by atoms with van der Waals surface area (Å²) in [7, 11) is -1.35. The van der Waals surface area contributed by atoms with Crippen LogP contribution in [0.3, 0.4) is 0 Å². The van der Waals surface area contributed by atoms with Crippen LogP contribution < -0.4 is 10.1 Å². The molecule has 0 radical (unpaired) electrons. The van der Waals surface area contributed by atoms with Crippen molar-refractivity contribution in [3.8, 4) is 17.2 Å². The maximum Gasteiger partial charge on any atom is 0.340 e. The van der Waals surface area contributed by atoms with Crippen LogP contribution in [0.2, 0.25) is 0 Å². The Morgan fingerprint density at radius 1 is 1.03 bits per heavy atom. The third-order valence-corrected chi connectivity index (χ3v) is 6.77. The van der Waals surface area contributed by atoms with Gasteiger partial charge in [-0.05, 0) is 67.8 Å². The van der Waals surface area contributed by atoms with E-state index in [0.29, 0.717) is 20.9 Å². The maximum absolute atomic E-state index is 12.8. The van der Waals surface area contributed by atoms with Gasteiger partial charge in [-0.2, -0.15) is 0 Å². The summed E-state index contributed by atoms with van der Waals surface area (Å²) in [6.45, 7) is 1.65. The minimum atomic E-state index is -1.35. The molecule has 3 rings (SSSR count). The second-order valence-corrected chi connectivity index (χ2v) is 10.8. The number of ether oxygens (including phenoxy) is 1. The van der Waals surface area contributed by atoms with E-state index in [-0.39, 0.29) is 23.5 Å². The fourth-order valence-electron chi connectivity index (χ4n) is 3.22. The van der Waals surface area contributed by atoms with Crippen molar-refractivity contribution >= 4 is 51.5 Å². The van der Waals surface area contributed by atoms with E-state index in [4.69, 9.17) is 4.74 Å². The standard InChI is InChI=1S/C24H20Br2NO6P/c1-34(32)13-15-9-18(25)22(19(26)10-15)33-16-7-8-21(28)17(12-16)23(29)27-20(24(30)31)11-14-5-3-2-4-6-14/h2-10,12,20H,11,13H2,1H3,(H2-,27,28,29,30,31)/p+1. The lowest BCUT2D eigenvalue weighted by molar-refractivity contribution is -0.139. The molecule has 3 aromatic rings. The predicted molar refractivity (Wildman–Crippen MR) is 136 cm³/mol. The van der Waals surface area contributed by atoms with Crippen molar-refractivity contribution in [1.29, 1.82) is 0 Å². The Morgan fingerprint density at radius 3 is 2.26 bits per heavy atom. The third-order valence-electron chi connectivity index (χ3n) is 4.78. The average molecular weight is 610 g/mol. The van der Waals surface area contributed by atoms with E-state index in [0.717, 1.165) is 11.1 Å². The van der Waals surface area contributed by atoms with Crippen molar-refractivity contribution < 1.29 is 29.1 Å². The monoisotopic (exact) mass is 608 g/mol. The highest BCUT2D eigenvalue weighted by atomic mass is 79.9. The van der Waals surface area contributed by atoms with Crippen molar-refractivity contribution in [2.75, 3.05) is 6.66 Å². The van der Waals surface area contributed by atoms with Gasteiger partial charge < -0.3 is 20.3 Å². The molecule has 0 saturated heterocycles. The summed E-state index contributed by atoms with van der Waals surface area (Å²) < 4.78 is 18.7. The maximum atomic E-state index is 12.8. The molecule has 176 valence electrons. The topological polar surface area (TPSA) is 113 Å². The van der Waals surface area contributed by atoms with E-state index in [2.05, 4.69) is 37.2 Å². The molecule has 34 heavy (non-hydrogen) atoms. The van der Waals surface area contributed by atoms with Gasteiger partial charge in [0.05, 0.1) is 14.5 Å². The predicted octanol–water partition coefficient (Wildman–Crippen LogP) is 6.09. The Bertz CT molecular complexity index is 1210. The summed E-state index contributed by atoms with van der Waals surface area (Å²) in [4.78, 5) is 24.5. The second kappa shape index (κ2) is 11.6. The van der Waals surface area contributed by atoms with E-state index < -0.39 is 25.7 Å². The van der Waals surface area contributed by atoms with Crippen molar-refractivity contribution in [3.63, 3.8) is 0 Å². The molecule has 0 aliphatic heterocycles. The van der Waals surface area contributed by atoms with Crippen LogP contribution >= 0.6 is 39.7 Å². The molecule has 3 N–H and O–H groups in total. The molecule has 0 fully saturated rings. The van der Waals surface area contributed by atoms with E-state index in [9.17, 15) is 24.4 Å². The van der Waals surface area contributed by atoms with Crippen molar-refractivity contribution in [3.05, 3.63) is 86.3 Å². The van der Waals surface area contributed by atoms with Crippen LogP contribution in [0, 0.1) is 0 Å². The van der Waals surface area contributed by atoms with Gasteiger partial charge >= 0.3 is 13.8 Å².